The summed E-state index contributed by atoms with van der Waals surface area (Å²) < 4.78 is 4.77. The Balaban J connectivity index is 2.46. The summed E-state index contributed by atoms with van der Waals surface area (Å²) in [6.45, 7) is 2.46. The lowest BCUT2D eigenvalue weighted by atomic mass is 10.2. The Morgan fingerprint density at radius 1 is 1.69 bits per heavy atom. The minimum Gasteiger partial charge on any atom is -0.389 e. The Labute approximate surface area is 99.2 Å². The fourth-order valence-electron chi connectivity index (χ4n) is 1.36. The lowest BCUT2D eigenvalue weighted by molar-refractivity contribution is 0.0610. The first-order valence-electron chi connectivity index (χ1n) is 5.20. The zero-order chi connectivity index (χ0) is 12.0. The molecule has 1 heterocycles. The zero-order valence-corrected chi connectivity index (χ0v) is 10.3. The van der Waals surface area contributed by atoms with E-state index in [1.54, 1.807) is 0 Å². The number of hydrogen-bond donors (Lipinski definition) is 2. The fraction of sp³-hybridized carbons (Fsp3) is 0.545. The van der Waals surface area contributed by atoms with Crippen LogP contribution in [0.25, 0.3) is 0 Å². The van der Waals surface area contributed by atoms with E-state index in [1.165, 1.54) is 18.4 Å². The molecule has 0 radical (unpaired) electrons. The van der Waals surface area contributed by atoms with E-state index in [-0.39, 0.29) is 19.1 Å². The second kappa shape index (κ2) is 6.62. The van der Waals surface area contributed by atoms with Crippen molar-refractivity contribution >= 4 is 17.2 Å². The summed E-state index contributed by atoms with van der Waals surface area (Å²) in [4.78, 5) is 12.5. The molecule has 1 atom stereocenters. The van der Waals surface area contributed by atoms with E-state index < -0.39 is 6.10 Å². The Morgan fingerprint density at radius 3 is 3.06 bits per heavy atom. The number of ether oxygens (including phenoxy) is 1. The predicted molar refractivity (Wildman–Crippen MR) is 63.9 cm³/mol. The number of thiophene rings is 1. The molecule has 2 N–H and O–H groups in total. The highest BCUT2D eigenvalue weighted by Crippen LogP contribution is 2.16. The summed E-state index contributed by atoms with van der Waals surface area (Å²) in [5, 5.41) is 14.0. The summed E-state index contributed by atoms with van der Waals surface area (Å²) in [7, 11) is 1.51. The van der Waals surface area contributed by atoms with Crippen molar-refractivity contribution in [1.82, 2.24) is 5.32 Å². The van der Waals surface area contributed by atoms with Crippen LogP contribution >= 0.6 is 11.3 Å². The second-order valence-corrected chi connectivity index (χ2v) is 4.36. The predicted octanol–water partition coefficient (Wildman–Crippen LogP) is 1.05. The summed E-state index contributed by atoms with van der Waals surface area (Å²) in [5.41, 5.74) is 1.05. The second-order valence-electron chi connectivity index (χ2n) is 3.45. The van der Waals surface area contributed by atoms with Gasteiger partial charge in [0.15, 0.2) is 0 Å². The smallest absolute Gasteiger partial charge is 0.261 e. The molecular weight excluding hydrogens is 226 g/mol. The van der Waals surface area contributed by atoms with Crippen molar-refractivity contribution in [2.24, 2.45) is 0 Å². The van der Waals surface area contributed by atoms with Crippen LogP contribution in [0.5, 0.6) is 0 Å². The maximum Gasteiger partial charge on any atom is 0.261 e. The molecule has 1 aromatic rings. The number of amides is 1. The zero-order valence-electron chi connectivity index (χ0n) is 9.53. The molecule has 16 heavy (non-hydrogen) atoms. The van der Waals surface area contributed by atoms with Gasteiger partial charge in [-0.25, -0.2) is 0 Å². The third kappa shape index (κ3) is 3.59. The van der Waals surface area contributed by atoms with Crippen LogP contribution in [0.15, 0.2) is 11.4 Å². The summed E-state index contributed by atoms with van der Waals surface area (Å²) >= 11 is 1.42. The third-order valence-electron chi connectivity index (χ3n) is 2.19. The minimum absolute atomic E-state index is 0.123. The van der Waals surface area contributed by atoms with Crippen LogP contribution in [-0.4, -0.2) is 37.4 Å². The Morgan fingerprint density at radius 2 is 2.44 bits per heavy atom. The lowest BCUT2D eigenvalue weighted by Crippen LogP contribution is -2.34. The van der Waals surface area contributed by atoms with Crippen LogP contribution in [0.1, 0.15) is 22.2 Å². The number of carbonyl (C=O) groups is 1. The molecular formula is C11H17NO3S. The van der Waals surface area contributed by atoms with Crippen LogP contribution in [0.2, 0.25) is 0 Å². The number of nitrogens with one attached hydrogen (secondary N) is 1. The van der Waals surface area contributed by atoms with Crippen molar-refractivity contribution in [2.45, 2.75) is 19.4 Å². The number of carbonyl (C=O) groups excluding carboxylic acids is 1. The van der Waals surface area contributed by atoms with E-state index in [0.29, 0.717) is 0 Å². The topological polar surface area (TPSA) is 58.6 Å². The first-order chi connectivity index (χ1) is 7.69. The molecule has 0 aliphatic heterocycles. The van der Waals surface area contributed by atoms with Crippen LogP contribution in [-0.2, 0) is 11.2 Å². The van der Waals surface area contributed by atoms with Gasteiger partial charge in [0.1, 0.15) is 0 Å². The van der Waals surface area contributed by atoms with Gasteiger partial charge in [-0.05, 0) is 23.4 Å². The molecule has 0 aliphatic carbocycles. The van der Waals surface area contributed by atoms with Gasteiger partial charge in [0.25, 0.3) is 5.91 Å². The van der Waals surface area contributed by atoms with Crippen molar-refractivity contribution in [1.29, 1.82) is 0 Å². The van der Waals surface area contributed by atoms with E-state index in [0.717, 1.165) is 16.9 Å². The minimum atomic E-state index is -0.654. The average Bonchev–Trinajstić information content (AvgIpc) is 2.74. The molecule has 0 aromatic carbocycles. The van der Waals surface area contributed by atoms with E-state index in [4.69, 9.17) is 4.74 Å². The summed E-state index contributed by atoms with van der Waals surface area (Å²) in [6.07, 6.45) is 0.186. The molecule has 0 aliphatic rings. The highest BCUT2D eigenvalue weighted by atomic mass is 32.1. The molecule has 0 fully saturated rings. The molecule has 1 rings (SSSR count). The molecule has 1 amide bonds. The lowest BCUT2D eigenvalue weighted by Gasteiger charge is -2.10. The SMILES string of the molecule is CCc1ccsc1C(=O)NCC(O)COC. The van der Waals surface area contributed by atoms with Crippen LogP contribution < -0.4 is 5.32 Å². The number of aryl methyl sites for hydroxylation is 1. The Kier molecular flexibility index (Phi) is 5.45. The average molecular weight is 243 g/mol. The van der Waals surface area contributed by atoms with Gasteiger partial charge >= 0.3 is 0 Å². The number of aliphatic hydroxyl groups excluding tert-OH is 1. The van der Waals surface area contributed by atoms with Crippen molar-refractivity contribution in [3.63, 3.8) is 0 Å². The molecule has 0 spiro atoms. The maximum atomic E-state index is 11.7. The number of methoxy groups -OCH3 is 1. The first-order valence-corrected chi connectivity index (χ1v) is 6.08. The summed E-state index contributed by atoms with van der Waals surface area (Å²) in [5.74, 6) is -0.123. The van der Waals surface area contributed by atoms with E-state index in [1.807, 2.05) is 18.4 Å². The standard InChI is InChI=1S/C11H17NO3S/c1-3-8-4-5-16-10(8)11(14)12-6-9(13)7-15-2/h4-5,9,13H,3,6-7H2,1-2H3,(H,12,14). The third-order valence-corrected chi connectivity index (χ3v) is 3.15. The van der Waals surface area contributed by atoms with Crippen LogP contribution in [0.4, 0.5) is 0 Å². The van der Waals surface area contributed by atoms with Crippen LogP contribution in [0, 0.1) is 0 Å². The van der Waals surface area contributed by atoms with Crippen molar-refractivity contribution in [2.75, 3.05) is 20.3 Å². The maximum absolute atomic E-state index is 11.7. The highest BCUT2D eigenvalue weighted by molar-refractivity contribution is 7.12. The van der Waals surface area contributed by atoms with Gasteiger partial charge in [-0.2, -0.15) is 0 Å². The number of aliphatic hydroxyl groups is 1. The molecule has 0 saturated heterocycles. The van der Waals surface area contributed by atoms with Gasteiger partial charge in [0.2, 0.25) is 0 Å². The molecule has 1 aromatic heterocycles. The van der Waals surface area contributed by atoms with Gasteiger partial charge in [-0.1, -0.05) is 6.92 Å². The Bertz CT molecular complexity index is 338. The van der Waals surface area contributed by atoms with Crippen molar-refractivity contribution in [3.8, 4) is 0 Å². The molecule has 90 valence electrons. The largest absolute Gasteiger partial charge is 0.389 e. The first kappa shape index (κ1) is 13.2. The summed E-state index contributed by atoms with van der Waals surface area (Å²) in [6, 6.07) is 1.95. The van der Waals surface area contributed by atoms with E-state index >= 15 is 0 Å². The van der Waals surface area contributed by atoms with Gasteiger partial charge in [0, 0.05) is 13.7 Å². The van der Waals surface area contributed by atoms with Crippen molar-refractivity contribution < 1.29 is 14.6 Å². The normalized spacial score (nSPS) is 12.4. The van der Waals surface area contributed by atoms with E-state index in [2.05, 4.69) is 5.32 Å². The van der Waals surface area contributed by atoms with Gasteiger partial charge in [0.05, 0.1) is 17.6 Å². The van der Waals surface area contributed by atoms with Crippen molar-refractivity contribution in [3.05, 3.63) is 21.9 Å². The quantitative estimate of drug-likeness (QED) is 0.785. The number of rotatable bonds is 6. The van der Waals surface area contributed by atoms with Gasteiger partial charge in [-0.15, -0.1) is 11.3 Å². The molecule has 1 unspecified atom stereocenters. The van der Waals surface area contributed by atoms with Gasteiger partial charge in [-0.3, -0.25) is 4.79 Å². The molecule has 4 nitrogen and oxygen atoms in total. The fourth-order valence-corrected chi connectivity index (χ4v) is 2.27. The van der Waals surface area contributed by atoms with E-state index in [9.17, 15) is 9.90 Å². The molecule has 0 bridgehead atoms. The highest BCUT2D eigenvalue weighted by Gasteiger charge is 2.13. The monoisotopic (exact) mass is 243 g/mol. The molecule has 0 saturated carbocycles. The Hall–Kier alpha value is -0.910. The molecule has 5 heteroatoms. The number of hydrogen-bond acceptors (Lipinski definition) is 4. The van der Waals surface area contributed by atoms with Gasteiger partial charge < -0.3 is 15.2 Å². The van der Waals surface area contributed by atoms with Crippen LogP contribution in [0.3, 0.4) is 0 Å².